The molecule has 0 saturated carbocycles. The normalized spacial score (nSPS) is 19.7. The molecule has 1 unspecified atom stereocenters. The summed E-state index contributed by atoms with van der Waals surface area (Å²) in [6, 6.07) is 2.96. The summed E-state index contributed by atoms with van der Waals surface area (Å²) >= 11 is 0. The van der Waals surface area contributed by atoms with Gasteiger partial charge in [-0.3, -0.25) is 4.79 Å². The molecule has 96 valence electrons. The molecular weight excluding hydrogens is 234 g/mol. The number of carboxylic acid groups (broad SMARTS) is 1. The van der Waals surface area contributed by atoms with E-state index in [1.165, 1.54) is 18.3 Å². The smallest absolute Gasteiger partial charge is 0.354 e. The number of nitrogens with one attached hydrogen (secondary N) is 1. The van der Waals surface area contributed by atoms with Crippen LogP contribution in [0.2, 0.25) is 0 Å². The van der Waals surface area contributed by atoms with Crippen LogP contribution >= 0.6 is 0 Å². The molecule has 6 nitrogen and oxygen atoms in total. The topological polar surface area (TPSA) is 82.5 Å². The number of pyridine rings is 1. The van der Waals surface area contributed by atoms with E-state index in [0.29, 0.717) is 5.56 Å². The predicted molar refractivity (Wildman–Crippen MR) is 64.6 cm³/mol. The van der Waals surface area contributed by atoms with E-state index in [1.807, 2.05) is 7.05 Å². The number of carbonyl (C=O) groups is 2. The fourth-order valence-corrected chi connectivity index (χ4v) is 1.98. The maximum absolute atomic E-state index is 11.9. The fourth-order valence-electron chi connectivity index (χ4n) is 1.98. The molecule has 1 aliphatic rings. The first-order valence-corrected chi connectivity index (χ1v) is 5.75. The van der Waals surface area contributed by atoms with Crippen molar-refractivity contribution in [2.75, 3.05) is 20.1 Å². The molecule has 2 N–H and O–H groups in total. The van der Waals surface area contributed by atoms with Crippen LogP contribution in [0.5, 0.6) is 0 Å². The maximum Gasteiger partial charge on any atom is 0.354 e. The lowest BCUT2D eigenvalue weighted by Gasteiger charge is -2.12. The summed E-state index contributed by atoms with van der Waals surface area (Å²) in [6.45, 7) is 1.81. The number of aromatic nitrogens is 1. The highest BCUT2D eigenvalue weighted by atomic mass is 16.4. The van der Waals surface area contributed by atoms with Crippen LogP contribution in [0.15, 0.2) is 18.3 Å². The molecule has 1 aliphatic heterocycles. The second-order valence-corrected chi connectivity index (χ2v) is 4.46. The van der Waals surface area contributed by atoms with Crippen LogP contribution in [0.4, 0.5) is 0 Å². The van der Waals surface area contributed by atoms with Gasteiger partial charge in [-0.2, -0.15) is 0 Å². The van der Waals surface area contributed by atoms with Gasteiger partial charge >= 0.3 is 5.97 Å². The molecule has 2 heterocycles. The van der Waals surface area contributed by atoms with Crippen molar-refractivity contribution in [3.8, 4) is 0 Å². The highest BCUT2D eigenvalue weighted by Crippen LogP contribution is 2.08. The van der Waals surface area contributed by atoms with Crippen LogP contribution in [0.1, 0.15) is 27.3 Å². The largest absolute Gasteiger partial charge is 0.477 e. The van der Waals surface area contributed by atoms with Gasteiger partial charge in [0, 0.05) is 18.8 Å². The van der Waals surface area contributed by atoms with Crippen molar-refractivity contribution in [2.45, 2.75) is 12.5 Å². The molecule has 0 spiro atoms. The van der Waals surface area contributed by atoms with Crippen LogP contribution in [-0.2, 0) is 0 Å². The number of aromatic carboxylic acids is 1. The number of likely N-dealkylation sites (tertiary alicyclic amines) is 1. The van der Waals surface area contributed by atoms with Gasteiger partial charge in [0.05, 0.1) is 5.56 Å². The highest BCUT2D eigenvalue weighted by molar-refractivity contribution is 5.95. The third kappa shape index (κ3) is 2.84. The predicted octanol–water partition coefficient (Wildman–Crippen LogP) is 0.214. The standard InChI is InChI=1S/C12H15N3O3/c1-15-5-4-9(7-15)14-11(16)8-2-3-10(12(17)18)13-6-8/h2-3,6,9H,4-5,7H2,1H3,(H,14,16)(H,17,18). The van der Waals surface area contributed by atoms with Crippen molar-refractivity contribution in [2.24, 2.45) is 0 Å². The molecule has 1 aromatic heterocycles. The highest BCUT2D eigenvalue weighted by Gasteiger charge is 2.21. The van der Waals surface area contributed by atoms with Crippen LogP contribution in [0.25, 0.3) is 0 Å². The fraction of sp³-hybridized carbons (Fsp3) is 0.417. The number of hydrogen-bond acceptors (Lipinski definition) is 4. The number of nitrogens with zero attached hydrogens (tertiary/aromatic N) is 2. The minimum absolute atomic E-state index is 0.0628. The van der Waals surface area contributed by atoms with E-state index in [0.717, 1.165) is 19.5 Å². The summed E-state index contributed by atoms with van der Waals surface area (Å²) < 4.78 is 0. The minimum atomic E-state index is -1.10. The van der Waals surface area contributed by atoms with Gasteiger partial charge in [0.15, 0.2) is 0 Å². The van der Waals surface area contributed by atoms with Gasteiger partial charge in [-0.1, -0.05) is 0 Å². The number of rotatable bonds is 3. The third-order valence-corrected chi connectivity index (χ3v) is 2.97. The van der Waals surface area contributed by atoms with E-state index < -0.39 is 5.97 Å². The monoisotopic (exact) mass is 249 g/mol. The Hall–Kier alpha value is -1.95. The second kappa shape index (κ2) is 5.14. The van der Waals surface area contributed by atoms with Gasteiger partial charge in [0.25, 0.3) is 5.91 Å². The average molecular weight is 249 g/mol. The van der Waals surface area contributed by atoms with Crippen molar-refractivity contribution in [3.63, 3.8) is 0 Å². The lowest BCUT2D eigenvalue weighted by atomic mass is 10.2. The Kier molecular flexibility index (Phi) is 3.57. The Morgan fingerprint density at radius 3 is 2.78 bits per heavy atom. The number of hydrogen-bond donors (Lipinski definition) is 2. The zero-order valence-corrected chi connectivity index (χ0v) is 10.1. The molecule has 0 aliphatic carbocycles. The SMILES string of the molecule is CN1CCC(NC(=O)c2ccc(C(=O)O)nc2)C1. The summed E-state index contributed by atoms with van der Waals surface area (Å²) in [5.41, 5.74) is 0.321. The minimum Gasteiger partial charge on any atom is -0.477 e. The molecule has 1 aromatic rings. The Morgan fingerprint density at radius 2 is 2.28 bits per heavy atom. The second-order valence-electron chi connectivity index (χ2n) is 4.46. The Morgan fingerprint density at radius 1 is 1.50 bits per heavy atom. The van der Waals surface area contributed by atoms with E-state index in [4.69, 9.17) is 5.11 Å². The van der Waals surface area contributed by atoms with Crippen LogP contribution in [0.3, 0.4) is 0 Å². The molecule has 6 heteroatoms. The Bertz CT molecular complexity index is 458. The van der Waals surface area contributed by atoms with Gasteiger partial charge in [-0.05, 0) is 32.1 Å². The van der Waals surface area contributed by atoms with Crippen LogP contribution in [-0.4, -0.2) is 53.0 Å². The number of carboxylic acids is 1. The molecule has 2 rings (SSSR count). The van der Waals surface area contributed by atoms with Crippen LogP contribution in [0, 0.1) is 0 Å². The first kappa shape index (κ1) is 12.5. The zero-order chi connectivity index (χ0) is 13.1. The van der Waals surface area contributed by atoms with E-state index in [1.54, 1.807) is 0 Å². The Labute approximate surface area is 105 Å². The van der Waals surface area contributed by atoms with Crippen molar-refractivity contribution in [1.29, 1.82) is 0 Å². The Balaban J connectivity index is 1.98. The summed E-state index contributed by atoms with van der Waals surface area (Å²) in [7, 11) is 2.01. The van der Waals surface area contributed by atoms with E-state index in [-0.39, 0.29) is 17.6 Å². The van der Waals surface area contributed by atoms with Crippen molar-refractivity contribution >= 4 is 11.9 Å². The molecule has 18 heavy (non-hydrogen) atoms. The van der Waals surface area contributed by atoms with Crippen molar-refractivity contribution < 1.29 is 14.7 Å². The molecule has 1 amide bonds. The van der Waals surface area contributed by atoms with Crippen molar-refractivity contribution in [1.82, 2.24) is 15.2 Å². The molecule has 0 aromatic carbocycles. The molecule has 1 saturated heterocycles. The summed E-state index contributed by atoms with van der Waals surface area (Å²) in [6.07, 6.45) is 2.22. The quantitative estimate of drug-likeness (QED) is 0.800. The summed E-state index contributed by atoms with van der Waals surface area (Å²) in [5, 5.41) is 11.6. The van der Waals surface area contributed by atoms with Gasteiger partial charge in [-0.15, -0.1) is 0 Å². The van der Waals surface area contributed by atoms with E-state index in [2.05, 4.69) is 15.2 Å². The molecule has 0 radical (unpaired) electrons. The average Bonchev–Trinajstić information content (AvgIpc) is 2.75. The number of carbonyl (C=O) groups excluding carboxylic acids is 1. The van der Waals surface area contributed by atoms with Gasteiger partial charge in [-0.25, -0.2) is 9.78 Å². The maximum atomic E-state index is 11.9. The van der Waals surface area contributed by atoms with Crippen LogP contribution < -0.4 is 5.32 Å². The number of amides is 1. The van der Waals surface area contributed by atoms with Gasteiger partial charge in [0.1, 0.15) is 5.69 Å². The first-order valence-electron chi connectivity index (χ1n) is 5.75. The molecular formula is C12H15N3O3. The van der Waals surface area contributed by atoms with E-state index in [9.17, 15) is 9.59 Å². The lowest BCUT2D eigenvalue weighted by molar-refractivity contribution is 0.0689. The van der Waals surface area contributed by atoms with Gasteiger partial charge in [0.2, 0.25) is 0 Å². The lowest BCUT2D eigenvalue weighted by Crippen LogP contribution is -2.36. The third-order valence-electron chi connectivity index (χ3n) is 2.97. The number of likely N-dealkylation sites (N-methyl/N-ethyl adjacent to an activating group) is 1. The van der Waals surface area contributed by atoms with Gasteiger partial charge < -0.3 is 15.3 Å². The molecule has 1 atom stereocenters. The summed E-state index contributed by atoms with van der Waals surface area (Å²) in [4.78, 5) is 28.4. The summed E-state index contributed by atoms with van der Waals surface area (Å²) in [5.74, 6) is -1.31. The first-order chi connectivity index (χ1) is 8.56. The molecule has 0 bridgehead atoms. The van der Waals surface area contributed by atoms with E-state index >= 15 is 0 Å². The zero-order valence-electron chi connectivity index (χ0n) is 10.1. The molecule has 1 fully saturated rings. The van der Waals surface area contributed by atoms with Crippen molar-refractivity contribution in [3.05, 3.63) is 29.6 Å².